The second-order valence-corrected chi connectivity index (χ2v) is 4.49. The van der Waals surface area contributed by atoms with Crippen molar-refractivity contribution in [1.29, 1.82) is 0 Å². The molecule has 0 aliphatic heterocycles. The molecule has 0 radical (unpaired) electrons. The Morgan fingerprint density at radius 3 is 2.28 bits per heavy atom. The van der Waals surface area contributed by atoms with Crippen LogP contribution in [-0.2, 0) is 0 Å². The van der Waals surface area contributed by atoms with Gasteiger partial charge in [0, 0.05) is 13.0 Å². The zero-order valence-corrected chi connectivity index (χ0v) is 11.3. The van der Waals surface area contributed by atoms with Crippen molar-refractivity contribution < 1.29 is 9.18 Å². The molecule has 1 aromatic carbocycles. The number of benzene rings is 1. The lowest BCUT2D eigenvalue weighted by Crippen LogP contribution is -2.28. The Balaban J connectivity index is 2.52. The first-order valence-electron chi connectivity index (χ1n) is 6.69. The summed E-state index contributed by atoms with van der Waals surface area (Å²) in [6.45, 7) is 6.97. The maximum absolute atomic E-state index is 13.4. The Morgan fingerprint density at radius 1 is 1.11 bits per heavy atom. The highest BCUT2D eigenvalue weighted by Crippen LogP contribution is 2.10. The van der Waals surface area contributed by atoms with Crippen LogP contribution in [0.5, 0.6) is 0 Å². The van der Waals surface area contributed by atoms with Gasteiger partial charge in [0.15, 0.2) is 5.78 Å². The Kier molecular flexibility index (Phi) is 6.58. The van der Waals surface area contributed by atoms with Gasteiger partial charge in [0.1, 0.15) is 5.82 Å². The van der Waals surface area contributed by atoms with Crippen LogP contribution in [0, 0.1) is 5.82 Å². The molecular formula is C15H22FNO. The van der Waals surface area contributed by atoms with Gasteiger partial charge in [-0.25, -0.2) is 4.39 Å². The quantitative estimate of drug-likeness (QED) is 0.659. The summed E-state index contributed by atoms with van der Waals surface area (Å²) in [5, 5.41) is 0. The third kappa shape index (κ3) is 4.57. The Bertz CT molecular complexity index is 373. The second-order valence-electron chi connectivity index (χ2n) is 4.49. The zero-order chi connectivity index (χ0) is 13.4. The number of hydrogen-bond donors (Lipinski definition) is 0. The van der Waals surface area contributed by atoms with E-state index in [9.17, 15) is 9.18 Å². The van der Waals surface area contributed by atoms with E-state index in [1.807, 2.05) is 0 Å². The molecule has 0 bridgehead atoms. The van der Waals surface area contributed by atoms with Crippen molar-refractivity contribution in [1.82, 2.24) is 4.90 Å². The second kappa shape index (κ2) is 7.98. The maximum atomic E-state index is 13.4. The third-order valence-electron chi connectivity index (χ3n) is 2.91. The molecule has 0 spiro atoms. The van der Waals surface area contributed by atoms with Crippen molar-refractivity contribution >= 4 is 5.78 Å². The van der Waals surface area contributed by atoms with Gasteiger partial charge >= 0.3 is 0 Å². The van der Waals surface area contributed by atoms with Crippen LogP contribution in [0.25, 0.3) is 0 Å². The molecule has 0 heterocycles. The summed E-state index contributed by atoms with van der Waals surface area (Å²) in [4.78, 5) is 14.2. The Morgan fingerprint density at radius 2 is 1.72 bits per heavy atom. The smallest absolute Gasteiger partial charge is 0.167 e. The van der Waals surface area contributed by atoms with E-state index in [0.29, 0.717) is 6.42 Å². The number of halogens is 1. The molecule has 1 aromatic rings. The molecule has 0 saturated heterocycles. The summed E-state index contributed by atoms with van der Waals surface area (Å²) >= 11 is 0. The van der Waals surface area contributed by atoms with Gasteiger partial charge in [0.2, 0.25) is 0 Å². The molecule has 0 atom stereocenters. The summed E-state index contributed by atoms with van der Waals surface area (Å²) in [6.07, 6.45) is 2.54. The average molecular weight is 251 g/mol. The fraction of sp³-hybridized carbons (Fsp3) is 0.533. The summed E-state index contributed by atoms with van der Waals surface area (Å²) < 4.78 is 13.4. The summed E-state index contributed by atoms with van der Waals surface area (Å²) in [5.41, 5.74) is 0.213. The van der Waals surface area contributed by atoms with E-state index < -0.39 is 5.82 Å². The van der Waals surface area contributed by atoms with Crippen molar-refractivity contribution in [2.75, 3.05) is 19.6 Å². The monoisotopic (exact) mass is 251 g/mol. The minimum atomic E-state index is -0.417. The molecule has 0 unspecified atom stereocenters. The molecule has 0 aliphatic carbocycles. The number of nitrogens with zero attached hydrogens (tertiary/aromatic N) is 1. The van der Waals surface area contributed by atoms with E-state index in [1.54, 1.807) is 18.2 Å². The van der Waals surface area contributed by atoms with Crippen LogP contribution in [0.15, 0.2) is 24.3 Å². The van der Waals surface area contributed by atoms with Gasteiger partial charge < -0.3 is 4.90 Å². The lowest BCUT2D eigenvalue weighted by Gasteiger charge is -2.20. The molecule has 0 aliphatic rings. The van der Waals surface area contributed by atoms with E-state index in [0.717, 1.165) is 32.5 Å². The van der Waals surface area contributed by atoms with Gasteiger partial charge in [-0.05, 0) is 38.1 Å². The number of rotatable bonds is 8. The fourth-order valence-corrected chi connectivity index (χ4v) is 2.05. The number of ketones is 1. The highest BCUT2D eigenvalue weighted by molar-refractivity contribution is 5.96. The molecule has 0 amide bonds. The van der Waals surface area contributed by atoms with E-state index in [4.69, 9.17) is 0 Å². The van der Waals surface area contributed by atoms with Gasteiger partial charge in [-0.2, -0.15) is 0 Å². The van der Waals surface area contributed by atoms with Crippen molar-refractivity contribution in [2.45, 2.75) is 33.1 Å². The van der Waals surface area contributed by atoms with Crippen LogP contribution in [0.4, 0.5) is 4.39 Å². The van der Waals surface area contributed by atoms with E-state index in [2.05, 4.69) is 18.7 Å². The van der Waals surface area contributed by atoms with Gasteiger partial charge in [-0.15, -0.1) is 0 Å². The van der Waals surface area contributed by atoms with E-state index in [-0.39, 0.29) is 11.3 Å². The van der Waals surface area contributed by atoms with Gasteiger partial charge in [-0.3, -0.25) is 4.79 Å². The molecule has 0 aromatic heterocycles. The highest BCUT2D eigenvalue weighted by Gasteiger charge is 2.12. The number of carbonyl (C=O) groups excluding carboxylic acids is 1. The van der Waals surface area contributed by atoms with Gasteiger partial charge in [-0.1, -0.05) is 26.0 Å². The lowest BCUT2D eigenvalue weighted by atomic mass is 10.1. The first-order valence-corrected chi connectivity index (χ1v) is 6.69. The molecule has 0 N–H and O–H groups in total. The number of hydrogen-bond acceptors (Lipinski definition) is 2. The predicted molar refractivity (Wildman–Crippen MR) is 72.4 cm³/mol. The first kappa shape index (κ1) is 14.8. The molecule has 1 rings (SSSR count). The van der Waals surface area contributed by atoms with Crippen LogP contribution >= 0.6 is 0 Å². The van der Waals surface area contributed by atoms with Crippen LogP contribution in [-0.4, -0.2) is 30.3 Å². The fourth-order valence-electron chi connectivity index (χ4n) is 2.05. The van der Waals surface area contributed by atoms with Crippen LogP contribution in [0.3, 0.4) is 0 Å². The molecule has 18 heavy (non-hydrogen) atoms. The number of carbonyl (C=O) groups is 1. The maximum Gasteiger partial charge on any atom is 0.167 e. The van der Waals surface area contributed by atoms with Crippen molar-refractivity contribution in [3.8, 4) is 0 Å². The van der Waals surface area contributed by atoms with Crippen LogP contribution in [0.2, 0.25) is 0 Å². The molecule has 100 valence electrons. The summed E-state index contributed by atoms with van der Waals surface area (Å²) in [7, 11) is 0. The van der Waals surface area contributed by atoms with E-state index >= 15 is 0 Å². The van der Waals surface area contributed by atoms with Crippen molar-refractivity contribution in [3.63, 3.8) is 0 Å². The summed E-state index contributed by atoms with van der Waals surface area (Å²) in [5.74, 6) is -0.523. The topological polar surface area (TPSA) is 20.3 Å². The third-order valence-corrected chi connectivity index (χ3v) is 2.91. The SMILES string of the molecule is CCCN(CCC)CCC(=O)c1ccccc1F. The Labute approximate surface area is 109 Å². The minimum absolute atomic E-state index is 0.106. The number of Topliss-reactive ketones (excluding diaryl/α,β-unsaturated/α-hetero) is 1. The predicted octanol–water partition coefficient (Wildman–Crippen LogP) is 3.52. The Hall–Kier alpha value is -1.22. The van der Waals surface area contributed by atoms with Crippen LogP contribution in [0.1, 0.15) is 43.5 Å². The normalized spacial score (nSPS) is 10.9. The van der Waals surface area contributed by atoms with Gasteiger partial charge in [0.25, 0.3) is 0 Å². The van der Waals surface area contributed by atoms with E-state index in [1.165, 1.54) is 6.07 Å². The standard InChI is InChI=1S/C15H22FNO/c1-3-10-17(11-4-2)12-9-15(18)13-7-5-6-8-14(13)16/h5-8H,3-4,9-12H2,1-2H3. The average Bonchev–Trinajstić information content (AvgIpc) is 2.36. The lowest BCUT2D eigenvalue weighted by molar-refractivity contribution is 0.0960. The molecule has 0 fully saturated rings. The molecule has 3 heteroatoms. The zero-order valence-electron chi connectivity index (χ0n) is 11.3. The van der Waals surface area contributed by atoms with Crippen molar-refractivity contribution in [3.05, 3.63) is 35.6 Å². The van der Waals surface area contributed by atoms with Crippen molar-refractivity contribution in [2.24, 2.45) is 0 Å². The summed E-state index contributed by atoms with van der Waals surface area (Å²) in [6, 6.07) is 6.20. The largest absolute Gasteiger partial charge is 0.303 e. The first-order chi connectivity index (χ1) is 8.69. The van der Waals surface area contributed by atoms with Gasteiger partial charge in [0.05, 0.1) is 5.56 Å². The minimum Gasteiger partial charge on any atom is -0.303 e. The highest BCUT2D eigenvalue weighted by atomic mass is 19.1. The van der Waals surface area contributed by atoms with Crippen LogP contribution < -0.4 is 0 Å². The molecular weight excluding hydrogens is 229 g/mol. The molecule has 0 saturated carbocycles. The molecule has 2 nitrogen and oxygen atoms in total.